The van der Waals surface area contributed by atoms with Gasteiger partial charge in [0.05, 0.1) is 17.9 Å². The topological polar surface area (TPSA) is 113 Å². The Morgan fingerprint density at radius 1 is 0.939 bits per heavy atom. The number of anilines is 2. The van der Waals surface area contributed by atoms with Gasteiger partial charge in [0.25, 0.3) is 5.91 Å². The van der Waals surface area contributed by atoms with Crippen LogP contribution in [0.25, 0.3) is 0 Å². The van der Waals surface area contributed by atoms with E-state index >= 15 is 0 Å². The van der Waals surface area contributed by atoms with Crippen LogP contribution in [0.4, 0.5) is 21.0 Å². The molecule has 3 rings (SSSR count). The summed E-state index contributed by atoms with van der Waals surface area (Å²) < 4.78 is 10.7. The van der Waals surface area contributed by atoms with E-state index in [0.29, 0.717) is 36.6 Å². The van der Waals surface area contributed by atoms with Crippen LogP contribution in [0.15, 0.2) is 30.3 Å². The molecule has 0 radical (unpaired) electrons. The molecule has 1 aliphatic heterocycles. The van der Waals surface area contributed by atoms with Gasteiger partial charge in [-0.15, -0.1) is 0 Å². The van der Waals surface area contributed by atoms with E-state index in [-0.39, 0.29) is 12.0 Å². The second kappa shape index (κ2) is 9.17. The summed E-state index contributed by atoms with van der Waals surface area (Å²) in [5, 5.41) is 5.49. The fourth-order valence-corrected chi connectivity index (χ4v) is 3.34. The number of fused-ring (bicyclic) bond motifs is 1. The van der Waals surface area contributed by atoms with Crippen LogP contribution in [-0.4, -0.2) is 45.7 Å². The lowest BCUT2D eigenvalue weighted by atomic mass is 10.1. The number of para-hydroxylation sites is 2. The maximum Gasteiger partial charge on any atom is 0.412 e. The minimum atomic E-state index is -0.640. The van der Waals surface area contributed by atoms with Crippen LogP contribution in [0.2, 0.25) is 0 Å². The van der Waals surface area contributed by atoms with E-state index in [1.54, 1.807) is 56.0 Å². The van der Waals surface area contributed by atoms with Gasteiger partial charge in [0.2, 0.25) is 0 Å². The molecule has 1 aromatic carbocycles. The number of amides is 3. The molecular formula is C24H32N4O5. The molecule has 2 aromatic rings. The molecule has 0 fully saturated rings. The molecule has 9 nitrogen and oxygen atoms in total. The first-order chi connectivity index (χ1) is 15.3. The van der Waals surface area contributed by atoms with Crippen LogP contribution in [0.5, 0.6) is 0 Å². The number of aromatic nitrogens is 1. The zero-order chi connectivity index (χ0) is 24.4. The number of nitrogens with zero attached hydrogens (tertiary/aromatic N) is 1. The van der Waals surface area contributed by atoms with E-state index in [4.69, 9.17) is 9.47 Å². The number of hydrogen-bond acceptors (Lipinski definition) is 5. The summed E-state index contributed by atoms with van der Waals surface area (Å²) in [6.07, 6.45) is -0.386. The molecule has 178 valence electrons. The van der Waals surface area contributed by atoms with Gasteiger partial charge in [-0.05, 0) is 65.3 Å². The number of aromatic amines is 1. The van der Waals surface area contributed by atoms with Gasteiger partial charge < -0.3 is 24.7 Å². The summed E-state index contributed by atoms with van der Waals surface area (Å²) in [7, 11) is 0. The number of rotatable bonds is 3. The first kappa shape index (κ1) is 24.2. The van der Waals surface area contributed by atoms with Crippen LogP contribution in [0.3, 0.4) is 0 Å². The molecule has 3 amide bonds. The van der Waals surface area contributed by atoms with E-state index in [2.05, 4.69) is 15.6 Å². The number of ether oxygens (including phenoxy) is 2. The van der Waals surface area contributed by atoms with Gasteiger partial charge in [-0.1, -0.05) is 12.1 Å². The summed E-state index contributed by atoms with van der Waals surface area (Å²) in [6, 6.07) is 8.62. The number of nitrogens with one attached hydrogen (secondary N) is 3. The number of hydrogen-bond donors (Lipinski definition) is 3. The lowest BCUT2D eigenvalue weighted by Crippen LogP contribution is -2.39. The van der Waals surface area contributed by atoms with Crippen molar-refractivity contribution >= 4 is 29.5 Å². The van der Waals surface area contributed by atoms with Crippen molar-refractivity contribution in [3.63, 3.8) is 0 Å². The number of H-pyrrole nitrogens is 1. The monoisotopic (exact) mass is 456 g/mol. The highest BCUT2D eigenvalue weighted by Gasteiger charge is 2.27. The molecule has 0 atom stereocenters. The summed E-state index contributed by atoms with van der Waals surface area (Å²) >= 11 is 0. The molecule has 0 saturated heterocycles. The SMILES string of the molecule is CC(C)(C)OC(=O)Nc1ccccc1NC(=O)c1cc2c([nH]1)CCN(C(=O)OC(C)(C)C)C2. The standard InChI is InChI=1S/C24H32N4O5/c1-23(2,3)32-21(30)27-18-10-8-7-9-17(18)26-20(29)19-13-15-14-28(12-11-16(15)25-19)22(31)33-24(4,5)6/h7-10,13,25H,11-12,14H2,1-6H3,(H,26,29)(H,27,30). The molecule has 0 bridgehead atoms. The fourth-order valence-electron chi connectivity index (χ4n) is 3.34. The summed E-state index contributed by atoms with van der Waals surface area (Å²) in [5.74, 6) is -0.355. The summed E-state index contributed by atoms with van der Waals surface area (Å²) in [5.41, 5.74) is 1.82. The largest absolute Gasteiger partial charge is 0.444 e. The van der Waals surface area contributed by atoms with Crippen LogP contribution >= 0.6 is 0 Å². The van der Waals surface area contributed by atoms with Crippen molar-refractivity contribution in [2.75, 3.05) is 17.2 Å². The van der Waals surface area contributed by atoms with E-state index in [1.165, 1.54) is 0 Å². The lowest BCUT2D eigenvalue weighted by Gasteiger charge is -2.29. The molecule has 9 heteroatoms. The van der Waals surface area contributed by atoms with E-state index < -0.39 is 17.3 Å². The zero-order valence-electron chi connectivity index (χ0n) is 20.0. The molecular weight excluding hydrogens is 424 g/mol. The van der Waals surface area contributed by atoms with Gasteiger partial charge in [0.1, 0.15) is 16.9 Å². The third-order valence-corrected chi connectivity index (χ3v) is 4.69. The van der Waals surface area contributed by atoms with Gasteiger partial charge in [-0.3, -0.25) is 10.1 Å². The van der Waals surface area contributed by atoms with Crippen molar-refractivity contribution in [3.8, 4) is 0 Å². The Labute approximate surface area is 193 Å². The second-order valence-electron chi connectivity index (χ2n) is 9.97. The highest BCUT2D eigenvalue weighted by Crippen LogP contribution is 2.25. The molecule has 3 N–H and O–H groups in total. The van der Waals surface area contributed by atoms with Crippen molar-refractivity contribution < 1.29 is 23.9 Å². The second-order valence-corrected chi connectivity index (χ2v) is 9.97. The molecule has 0 saturated carbocycles. The fraction of sp³-hybridized carbons (Fsp3) is 0.458. The van der Waals surface area contributed by atoms with Crippen molar-refractivity contribution in [1.29, 1.82) is 0 Å². The molecule has 33 heavy (non-hydrogen) atoms. The van der Waals surface area contributed by atoms with Crippen LogP contribution in [-0.2, 0) is 22.4 Å². The predicted molar refractivity (Wildman–Crippen MR) is 125 cm³/mol. The Balaban J connectivity index is 1.69. The minimum Gasteiger partial charge on any atom is -0.444 e. The summed E-state index contributed by atoms with van der Waals surface area (Å²) in [4.78, 5) is 42.2. The predicted octanol–water partition coefficient (Wildman–Crippen LogP) is 4.91. The third kappa shape index (κ3) is 6.74. The van der Waals surface area contributed by atoms with Crippen LogP contribution < -0.4 is 10.6 Å². The van der Waals surface area contributed by atoms with E-state index in [0.717, 1.165) is 11.3 Å². The highest BCUT2D eigenvalue weighted by molar-refractivity contribution is 6.06. The minimum absolute atomic E-state index is 0.355. The number of carbonyl (C=O) groups is 3. The van der Waals surface area contributed by atoms with Gasteiger partial charge in [0.15, 0.2) is 0 Å². The Hall–Kier alpha value is -3.49. The maximum atomic E-state index is 12.9. The highest BCUT2D eigenvalue weighted by atomic mass is 16.6. The Morgan fingerprint density at radius 2 is 1.55 bits per heavy atom. The molecule has 1 aliphatic rings. The quantitative estimate of drug-likeness (QED) is 0.608. The first-order valence-electron chi connectivity index (χ1n) is 10.9. The van der Waals surface area contributed by atoms with Crippen LogP contribution in [0.1, 0.15) is 63.3 Å². The normalized spacial score (nSPS) is 13.7. The molecule has 0 spiro atoms. The molecule has 0 aliphatic carbocycles. The average Bonchev–Trinajstić information content (AvgIpc) is 3.10. The third-order valence-electron chi connectivity index (χ3n) is 4.69. The van der Waals surface area contributed by atoms with Crippen LogP contribution in [0, 0.1) is 0 Å². The average molecular weight is 457 g/mol. The molecule has 2 heterocycles. The Morgan fingerprint density at radius 3 is 2.15 bits per heavy atom. The van der Waals surface area contributed by atoms with Crippen molar-refractivity contribution in [1.82, 2.24) is 9.88 Å². The van der Waals surface area contributed by atoms with Gasteiger partial charge >= 0.3 is 12.2 Å². The first-order valence-corrected chi connectivity index (χ1v) is 10.9. The van der Waals surface area contributed by atoms with Gasteiger partial charge in [-0.2, -0.15) is 0 Å². The van der Waals surface area contributed by atoms with Crippen molar-refractivity contribution in [2.45, 2.75) is 65.7 Å². The van der Waals surface area contributed by atoms with Crippen molar-refractivity contribution in [3.05, 3.63) is 47.3 Å². The lowest BCUT2D eigenvalue weighted by molar-refractivity contribution is 0.0223. The molecule has 1 aromatic heterocycles. The van der Waals surface area contributed by atoms with Gasteiger partial charge in [0, 0.05) is 18.7 Å². The number of benzene rings is 1. The maximum absolute atomic E-state index is 12.9. The number of carbonyl (C=O) groups excluding carboxylic acids is 3. The Kier molecular flexibility index (Phi) is 6.71. The van der Waals surface area contributed by atoms with Gasteiger partial charge in [-0.25, -0.2) is 9.59 Å². The van der Waals surface area contributed by atoms with E-state index in [1.807, 2.05) is 20.8 Å². The van der Waals surface area contributed by atoms with Crippen molar-refractivity contribution in [2.24, 2.45) is 0 Å². The summed E-state index contributed by atoms with van der Waals surface area (Å²) in [6.45, 7) is 11.7. The smallest absolute Gasteiger partial charge is 0.412 e. The zero-order valence-corrected chi connectivity index (χ0v) is 20.0. The Bertz CT molecular complexity index is 1050. The van der Waals surface area contributed by atoms with E-state index in [9.17, 15) is 14.4 Å². The molecule has 0 unspecified atom stereocenters.